The molecule has 1 aliphatic carbocycles. The predicted molar refractivity (Wildman–Crippen MR) is 109 cm³/mol. The van der Waals surface area contributed by atoms with Crippen molar-refractivity contribution in [3.05, 3.63) is 71.8 Å². The van der Waals surface area contributed by atoms with Crippen LogP contribution in [0, 0.1) is 11.8 Å². The molecule has 1 saturated heterocycles. The predicted octanol–water partition coefficient (Wildman–Crippen LogP) is 3.69. The first kappa shape index (κ1) is 21.0. The SMILES string of the molecule is O=C1CC2C(CC(OCOCc3ccccc3)C2COCOCc2ccccc2)O1. The van der Waals surface area contributed by atoms with Crippen molar-refractivity contribution in [3.8, 4) is 0 Å². The normalized spacial score (nSPS) is 25.3. The molecule has 2 aromatic rings. The number of hydrogen-bond donors (Lipinski definition) is 0. The lowest BCUT2D eigenvalue weighted by atomic mass is 9.93. The first-order valence-electron chi connectivity index (χ1n) is 10.4. The largest absolute Gasteiger partial charge is 0.462 e. The van der Waals surface area contributed by atoms with Gasteiger partial charge in [-0.15, -0.1) is 0 Å². The summed E-state index contributed by atoms with van der Waals surface area (Å²) in [7, 11) is 0. The van der Waals surface area contributed by atoms with E-state index in [9.17, 15) is 4.79 Å². The minimum absolute atomic E-state index is 0.0574. The van der Waals surface area contributed by atoms with E-state index < -0.39 is 0 Å². The first-order valence-corrected chi connectivity index (χ1v) is 10.4. The summed E-state index contributed by atoms with van der Waals surface area (Å²) in [6.45, 7) is 1.88. The number of hydrogen-bond acceptors (Lipinski definition) is 6. The molecule has 2 aliphatic rings. The molecule has 6 heteroatoms. The van der Waals surface area contributed by atoms with Crippen molar-refractivity contribution >= 4 is 5.97 Å². The zero-order valence-corrected chi connectivity index (χ0v) is 17.0. The Hall–Kier alpha value is -2.25. The van der Waals surface area contributed by atoms with Crippen molar-refractivity contribution < 1.29 is 28.5 Å². The quantitative estimate of drug-likeness (QED) is 0.319. The Morgan fingerprint density at radius 3 is 2.13 bits per heavy atom. The van der Waals surface area contributed by atoms with Gasteiger partial charge in [-0.25, -0.2) is 0 Å². The van der Waals surface area contributed by atoms with Gasteiger partial charge in [-0.2, -0.15) is 0 Å². The van der Waals surface area contributed by atoms with Gasteiger partial charge in [0.25, 0.3) is 0 Å². The molecule has 4 atom stereocenters. The first-order chi connectivity index (χ1) is 14.8. The molecule has 6 nitrogen and oxygen atoms in total. The number of rotatable bonds is 11. The lowest BCUT2D eigenvalue weighted by Gasteiger charge is -2.23. The highest BCUT2D eigenvalue weighted by molar-refractivity contribution is 5.72. The van der Waals surface area contributed by atoms with Crippen molar-refractivity contribution in [2.45, 2.75) is 38.3 Å². The Morgan fingerprint density at radius 2 is 1.47 bits per heavy atom. The fourth-order valence-electron chi connectivity index (χ4n) is 4.23. The van der Waals surface area contributed by atoms with E-state index in [0.717, 1.165) is 11.1 Å². The molecular weight excluding hydrogens is 384 g/mol. The van der Waals surface area contributed by atoms with E-state index in [4.69, 9.17) is 23.7 Å². The Labute approximate surface area is 177 Å². The third-order valence-electron chi connectivity index (χ3n) is 5.72. The summed E-state index contributed by atoms with van der Waals surface area (Å²) in [5.41, 5.74) is 2.21. The van der Waals surface area contributed by atoms with Gasteiger partial charge in [0.1, 0.15) is 19.7 Å². The fraction of sp³-hybridized carbons (Fsp3) is 0.458. The van der Waals surface area contributed by atoms with Gasteiger partial charge < -0.3 is 23.7 Å². The van der Waals surface area contributed by atoms with Crippen LogP contribution >= 0.6 is 0 Å². The molecule has 0 radical (unpaired) electrons. The molecule has 1 saturated carbocycles. The third-order valence-corrected chi connectivity index (χ3v) is 5.72. The monoisotopic (exact) mass is 412 g/mol. The Kier molecular flexibility index (Phi) is 7.48. The van der Waals surface area contributed by atoms with Crippen LogP contribution in [0.15, 0.2) is 60.7 Å². The number of esters is 1. The zero-order valence-electron chi connectivity index (χ0n) is 17.0. The topological polar surface area (TPSA) is 63.2 Å². The molecule has 4 unspecified atom stereocenters. The van der Waals surface area contributed by atoms with Crippen LogP contribution in [0.4, 0.5) is 0 Å². The van der Waals surface area contributed by atoms with Gasteiger partial charge in [0.05, 0.1) is 32.3 Å². The molecule has 0 bridgehead atoms. The smallest absolute Gasteiger partial charge is 0.306 e. The van der Waals surface area contributed by atoms with E-state index in [-0.39, 0.29) is 43.6 Å². The summed E-state index contributed by atoms with van der Waals surface area (Å²) in [5.74, 6) is 0.0851. The molecule has 1 aliphatic heterocycles. The number of benzene rings is 2. The summed E-state index contributed by atoms with van der Waals surface area (Å²) >= 11 is 0. The van der Waals surface area contributed by atoms with E-state index in [0.29, 0.717) is 32.7 Å². The molecular formula is C24H28O6. The molecule has 160 valence electrons. The van der Waals surface area contributed by atoms with Crippen molar-refractivity contribution in [2.24, 2.45) is 11.8 Å². The number of ether oxygens (including phenoxy) is 5. The summed E-state index contributed by atoms with van der Waals surface area (Å²) in [4.78, 5) is 11.7. The van der Waals surface area contributed by atoms with Crippen molar-refractivity contribution in [2.75, 3.05) is 20.2 Å². The number of carbonyl (C=O) groups excluding carboxylic acids is 1. The maximum absolute atomic E-state index is 11.7. The van der Waals surface area contributed by atoms with Crippen LogP contribution < -0.4 is 0 Å². The molecule has 2 fully saturated rings. The second-order valence-electron chi connectivity index (χ2n) is 7.78. The second-order valence-corrected chi connectivity index (χ2v) is 7.78. The minimum Gasteiger partial charge on any atom is -0.462 e. The summed E-state index contributed by atoms with van der Waals surface area (Å²) in [5, 5.41) is 0. The van der Waals surface area contributed by atoms with Gasteiger partial charge in [-0.3, -0.25) is 4.79 Å². The lowest BCUT2D eigenvalue weighted by Crippen LogP contribution is -2.28. The summed E-state index contributed by atoms with van der Waals surface area (Å²) < 4.78 is 28.5. The second kappa shape index (κ2) is 10.7. The van der Waals surface area contributed by atoms with E-state index in [1.165, 1.54) is 0 Å². The van der Waals surface area contributed by atoms with E-state index in [2.05, 4.69) is 0 Å². The fourth-order valence-corrected chi connectivity index (χ4v) is 4.23. The standard InChI is InChI=1S/C24H28O6/c25-24-11-20-21(15-28-16-26-13-18-7-3-1-4-8-18)22(12-23(20)30-24)29-17-27-14-19-9-5-2-6-10-19/h1-10,20-23H,11-17H2. The van der Waals surface area contributed by atoms with Crippen molar-refractivity contribution in [1.29, 1.82) is 0 Å². The highest BCUT2D eigenvalue weighted by Crippen LogP contribution is 2.42. The van der Waals surface area contributed by atoms with Crippen LogP contribution in [-0.4, -0.2) is 38.4 Å². The maximum Gasteiger partial charge on any atom is 0.306 e. The minimum atomic E-state index is -0.130. The van der Waals surface area contributed by atoms with Gasteiger partial charge in [-0.05, 0) is 11.1 Å². The maximum atomic E-state index is 11.7. The van der Waals surface area contributed by atoms with Crippen LogP contribution in [0.5, 0.6) is 0 Å². The lowest BCUT2D eigenvalue weighted by molar-refractivity contribution is -0.145. The Morgan fingerprint density at radius 1 is 0.833 bits per heavy atom. The average molecular weight is 412 g/mol. The highest BCUT2D eigenvalue weighted by Gasteiger charge is 2.50. The molecule has 0 aromatic heterocycles. The number of carbonyl (C=O) groups is 1. The Bertz CT molecular complexity index is 781. The van der Waals surface area contributed by atoms with Crippen LogP contribution in [0.1, 0.15) is 24.0 Å². The molecule has 4 rings (SSSR count). The molecule has 0 spiro atoms. The van der Waals surface area contributed by atoms with Gasteiger partial charge in [-0.1, -0.05) is 60.7 Å². The van der Waals surface area contributed by atoms with Crippen LogP contribution in [0.2, 0.25) is 0 Å². The molecule has 1 heterocycles. The van der Waals surface area contributed by atoms with Crippen LogP contribution in [0.25, 0.3) is 0 Å². The third kappa shape index (κ3) is 5.67. The van der Waals surface area contributed by atoms with Gasteiger partial charge in [0.2, 0.25) is 0 Å². The van der Waals surface area contributed by atoms with E-state index >= 15 is 0 Å². The van der Waals surface area contributed by atoms with Crippen molar-refractivity contribution in [3.63, 3.8) is 0 Å². The van der Waals surface area contributed by atoms with Crippen LogP contribution in [0.3, 0.4) is 0 Å². The average Bonchev–Trinajstić information content (AvgIpc) is 3.28. The summed E-state index contributed by atoms with van der Waals surface area (Å²) in [6, 6.07) is 20.0. The van der Waals surface area contributed by atoms with Crippen LogP contribution in [-0.2, 0) is 41.7 Å². The van der Waals surface area contributed by atoms with Crippen molar-refractivity contribution in [1.82, 2.24) is 0 Å². The highest BCUT2D eigenvalue weighted by atomic mass is 16.7. The molecule has 2 aromatic carbocycles. The zero-order chi connectivity index (χ0) is 20.6. The van der Waals surface area contributed by atoms with E-state index in [1.54, 1.807) is 0 Å². The molecule has 0 N–H and O–H groups in total. The number of fused-ring (bicyclic) bond motifs is 1. The Balaban J connectivity index is 1.21. The van der Waals surface area contributed by atoms with Gasteiger partial charge in [0.15, 0.2) is 0 Å². The summed E-state index contributed by atoms with van der Waals surface area (Å²) in [6.07, 6.45) is 0.964. The van der Waals surface area contributed by atoms with Gasteiger partial charge in [0, 0.05) is 18.3 Å². The van der Waals surface area contributed by atoms with Gasteiger partial charge >= 0.3 is 5.97 Å². The molecule has 0 amide bonds. The van der Waals surface area contributed by atoms with E-state index in [1.807, 2.05) is 60.7 Å². The molecule has 30 heavy (non-hydrogen) atoms.